The van der Waals surface area contributed by atoms with Crippen LogP contribution in [0.4, 0.5) is 18.9 Å². The number of rotatable bonds is 5. The zero-order valence-corrected chi connectivity index (χ0v) is 12.3. The zero-order chi connectivity index (χ0) is 16.3. The number of alkyl halides is 3. The summed E-state index contributed by atoms with van der Waals surface area (Å²) < 4.78 is 38.5. The fraction of sp³-hybridized carbons (Fsp3) is 0.533. The van der Waals surface area contributed by atoms with Gasteiger partial charge in [-0.25, -0.2) is 0 Å². The van der Waals surface area contributed by atoms with E-state index in [0.717, 1.165) is 6.07 Å². The fourth-order valence-corrected chi connectivity index (χ4v) is 2.10. The van der Waals surface area contributed by atoms with E-state index in [1.54, 1.807) is 0 Å². The van der Waals surface area contributed by atoms with Crippen LogP contribution < -0.4 is 5.32 Å². The van der Waals surface area contributed by atoms with E-state index in [4.69, 9.17) is 0 Å². The summed E-state index contributed by atoms with van der Waals surface area (Å²) in [6, 6.07) is 5.07. The summed E-state index contributed by atoms with van der Waals surface area (Å²) in [7, 11) is 0. The van der Waals surface area contributed by atoms with Crippen molar-refractivity contribution in [3.63, 3.8) is 0 Å². The van der Waals surface area contributed by atoms with Crippen LogP contribution in [0.2, 0.25) is 0 Å². The lowest BCUT2D eigenvalue weighted by molar-refractivity contribution is -0.142. The average molecular weight is 303 g/mol. The van der Waals surface area contributed by atoms with Crippen LogP contribution in [-0.4, -0.2) is 17.6 Å². The number of hydrogen-bond acceptors (Lipinski definition) is 2. The second-order valence-electron chi connectivity index (χ2n) is 6.22. The zero-order valence-electron chi connectivity index (χ0n) is 12.3. The van der Waals surface area contributed by atoms with Crippen molar-refractivity contribution in [2.75, 3.05) is 11.9 Å². The molecular weight excluding hydrogens is 283 g/mol. The van der Waals surface area contributed by atoms with Crippen LogP contribution in [0, 0.1) is 11.3 Å². The predicted octanol–water partition coefficient (Wildman–Crippen LogP) is 4.25. The van der Waals surface area contributed by atoms with E-state index in [2.05, 4.69) is 5.32 Å². The Kier molecular flexibility index (Phi) is 5.25. The second-order valence-corrected chi connectivity index (χ2v) is 6.22. The van der Waals surface area contributed by atoms with Gasteiger partial charge in [-0.15, -0.1) is 0 Å². The molecule has 1 aromatic carbocycles. The van der Waals surface area contributed by atoms with Gasteiger partial charge in [0.05, 0.1) is 11.5 Å². The summed E-state index contributed by atoms with van der Waals surface area (Å²) >= 11 is 0. The Bertz CT molecular complexity index is 492. The summed E-state index contributed by atoms with van der Waals surface area (Å²) in [5.41, 5.74) is -1.09. The molecule has 1 atom stereocenters. The normalized spacial score (nSPS) is 13.8. The van der Waals surface area contributed by atoms with Crippen molar-refractivity contribution in [3.8, 4) is 0 Å². The lowest BCUT2D eigenvalue weighted by atomic mass is 9.84. The third kappa shape index (κ3) is 5.65. The number of halogens is 3. The number of benzene rings is 1. The highest BCUT2D eigenvalue weighted by Gasteiger charge is 2.33. The Morgan fingerprint density at radius 1 is 1.24 bits per heavy atom. The number of anilines is 1. The molecule has 0 bridgehead atoms. The van der Waals surface area contributed by atoms with E-state index in [1.807, 2.05) is 20.8 Å². The van der Waals surface area contributed by atoms with Crippen LogP contribution in [-0.2, 0) is 11.0 Å². The minimum absolute atomic E-state index is 0.0420. The average Bonchev–Trinajstić information content (AvgIpc) is 2.32. The molecule has 1 aromatic rings. The van der Waals surface area contributed by atoms with Gasteiger partial charge in [-0.1, -0.05) is 32.9 Å². The van der Waals surface area contributed by atoms with Crippen molar-refractivity contribution in [3.05, 3.63) is 29.8 Å². The Hall–Kier alpha value is -1.72. The van der Waals surface area contributed by atoms with Crippen LogP contribution in [0.1, 0.15) is 32.8 Å². The molecule has 21 heavy (non-hydrogen) atoms. The Balaban J connectivity index is 2.84. The minimum atomic E-state index is -4.47. The van der Waals surface area contributed by atoms with Crippen molar-refractivity contribution in [2.45, 2.75) is 33.4 Å². The van der Waals surface area contributed by atoms with Crippen molar-refractivity contribution >= 4 is 11.7 Å². The van der Waals surface area contributed by atoms with Gasteiger partial charge in [0.2, 0.25) is 0 Å². The Morgan fingerprint density at radius 3 is 2.29 bits per heavy atom. The number of carboxylic acids is 1. The molecule has 118 valence electrons. The smallest absolute Gasteiger partial charge is 0.418 e. The third-order valence-corrected chi connectivity index (χ3v) is 2.98. The minimum Gasteiger partial charge on any atom is -0.481 e. The van der Waals surface area contributed by atoms with Gasteiger partial charge in [-0.05, 0) is 24.0 Å². The highest BCUT2D eigenvalue weighted by Crippen LogP contribution is 2.35. The third-order valence-electron chi connectivity index (χ3n) is 2.98. The molecule has 0 saturated carbocycles. The van der Waals surface area contributed by atoms with Crippen LogP contribution in [0.5, 0.6) is 0 Å². The van der Waals surface area contributed by atoms with E-state index in [0.29, 0.717) is 6.42 Å². The van der Waals surface area contributed by atoms with E-state index in [-0.39, 0.29) is 17.6 Å². The van der Waals surface area contributed by atoms with Crippen molar-refractivity contribution in [1.82, 2.24) is 0 Å². The first kappa shape index (κ1) is 17.3. The highest BCUT2D eigenvalue weighted by atomic mass is 19.4. The van der Waals surface area contributed by atoms with Crippen molar-refractivity contribution in [2.24, 2.45) is 11.3 Å². The maximum absolute atomic E-state index is 12.8. The molecule has 0 aliphatic heterocycles. The first-order chi connectivity index (χ1) is 9.50. The van der Waals surface area contributed by atoms with Gasteiger partial charge in [-0.3, -0.25) is 4.79 Å². The van der Waals surface area contributed by atoms with E-state index >= 15 is 0 Å². The van der Waals surface area contributed by atoms with Gasteiger partial charge in [0.25, 0.3) is 0 Å². The molecule has 3 nitrogen and oxygen atoms in total. The summed E-state index contributed by atoms with van der Waals surface area (Å²) in [6.07, 6.45) is -4.09. The summed E-state index contributed by atoms with van der Waals surface area (Å²) in [6.45, 7) is 5.64. The lowest BCUT2D eigenvalue weighted by Gasteiger charge is -2.24. The number of nitrogens with one attached hydrogen (secondary N) is 1. The molecule has 0 radical (unpaired) electrons. The van der Waals surface area contributed by atoms with E-state index in [9.17, 15) is 23.1 Å². The maximum Gasteiger partial charge on any atom is 0.418 e. The van der Waals surface area contributed by atoms with Crippen molar-refractivity contribution < 1.29 is 23.1 Å². The molecule has 0 aromatic heterocycles. The topological polar surface area (TPSA) is 49.3 Å². The van der Waals surface area contributed by atoms with Crippen LogP contribution >= 0.6 is 0 Å². The van der Waals surface area contributed by atoms with E-state index < -0.39 is 23.6 Å². The first-order valence-electron chi connectivity index (χ1n) is 6.63. The molecule has 0 heterocycles. The maximum atomic E-state index is 12.8. The summed E-state index contributed by atoms with van der Waals surface area (Å²) in [5, 5.41) is 11.8. The van der Waals surface area contributed by atoms with Crippen LogP contribution in [0.3, 0.4) is 0 Å². The van der Waals surface area contributed by atoms with Gasteiger partial charge in [-0.2, -0.15) is 13.2 Å². The Labute approximate surface area is 122 Å². The fourth-order valence-electron chi connectivity index (χ4n) is 2.10. The van der Waals surface area contributed by atoms with Gasteiger partial charge in [0.1, 0.15) is 0 Å². The molecule has 0 saturated heterocycles. The molecule has 2 N–H and O–H groups in total. The molecule has 0 aliphatic carbocycles. The lowest BCUT2D eigenvalue weighted by Crippen LogP contribution is -2.28. The number of carboxylic acid groups (broad SMARTS) is 1. The number of hydrogen-bond donors (Lipinski definition) is 2. The monoisotopic (exact) mass is 303 g/mol. The van der Waals surface area contributed by atoms with Crippen molar-refractivity contribution in [1.29, 1.82) is 0 Å². The van der Waals surface area contributed by atoms with Gasteiger partial charge in [0.15, 0.2) is 0 Å². The second kappa shape index (κ2) is 6.37. The molecule has 1 unspecified atom stereocenters. The molecule has 0 aliphatic rings. The summed E-state index contributed by atoms with van der Waals surface area (Å²) in [5.74, 6) is -1.76. The quantitative estimate of drug-likeness (QED) is 0.854. The molecule has 1 rings (SSSR count). The number of aliphatic carboxylic acids is 1. The largest absolute Gasteiger partial charge is 0.481 e. The predicted molar refractivity (Wildman–Crippen MR) is 75.1 cm³/mol. The number of carbonyl (C=O) groups is 1. The number of para-hydroxylation sites is 1. The molecule has 6 heteroatoms. The van der Waals surface area contributed by atoms with Gasteiger partial charge >= 0.3 is 12.1 Å². The molecule has 0 fully saturated rings. The van der Waals surface area contributed by atoms with Gasteiger partial charge < -0.3 is 10.4 Å². The molecular formula is C15H20F3NO2. The first-order valence-corrected chi connectivity index (χ1v) is 6.63. The highest BCUT2D eigenvalue weighted by molar-refractivity contribution is 5.71. The molecule has 0 amide bonds. The van der Waals surface area contributed by atoms with E-state index in [1.165, 1.54) is 18.2 Å². The summed E-state index contributed by atoms with van der Waals surface area (Å²) in [4.78, 5) is 11.2. The van der Waals surface area contributed by atoms with Gasteiger partial charge in [0, 0.05) is 12.2 Å². The van der Waals surface area contributed by atoms with Crippen LogP contribution in [0.15, 0.2) is 24.3 Å². The standard InChI is InChI=1S/C15H20F3NO2/c1-14(2,3)8-10(13(20)21)9-19-12-7-5-4-6-11(12)15(16,17)18/h4-7,10,19H,8-9H2,1-3H3,(H,20,21). The SMILES string of the molecule is CC(C)(C)CC(CNc1ccccc1C(F)(F)F)C(=O)O. The Morgan fingerprint density at radius 2 is 1.81 bits per heavy atom. The van der Waals surface area contributed by atoms with Crippen LogP contribution in [0.25, 0.3) is 0 Å². The molecule has 0 spiro atoms.